The molecule has 0 radical (unpaired) electrons. The van der Waals surface area contributed by atoms with Crippen LogP contribution in [0.15, 0.2) is 60.7 Å². The van der Waals surface area contributed by atoms with Crippen LogP contribution in [0.3, 0.4) is 0 Å². The summed E-state index contributed by atoms with van der Waals surface area (Å²) < 4.78 is 11.5. The fourth-order valence-electron chi connectivity index (χ4n) is 2.59. The molecule has 0 spiro atoms. The summed E-state index contributed by atoms with van der Waals surface area (Å²) in [7, 11) is 0. The molecule has 26 heavy (non-hydrogen) atoms. The van der Waals surface area contributed by atoms with Crippen LogP contribution in [0, 0.1) is 5.41 Å². The Morgan fingerprint density at radius 2 is 1.19 bits per heavy atom. The third-order valence-electron chi connectivity index (χ3n) is 4.87. The van der Waals surface area contributed by atoms with Crippen molar-refractivity contribution < 1.29 is 19.1 Å². The zero-order valence-corrected chi connectivity index (χ0v) is 16.0. The largest absolute Gasteiger partial charge is 0.455 e. The van der Waals surface area contributed by atoms with Crippen LogP contribution < -0.4 is 0 Å². The maximum atomic E-state index is 12.6. The van der Waals surface area contributed by atoms with Crippen LogP contribution in [0.25, 0.3) is 0 Å². The molecule has 2 unspecified atom stereocenters. The van der Waals surface area contributed by atoms with Gasteiger partial charge in [-0.15, -0.1) is 0 Å². The molecule has 0 aliphatic carbocycles. The molecule has 4 heteroatoms. The summed E-state index contributed by atoms with van der Waals surface area (Å²) >= 11 is 0. The molecule has 0 aromatic heterocycles. The predicted octanol–water partition coefficient (Wildman–Crippen LogP) is 4.89. The molecule has 0 saturated carbocycles. The minimum absolute atomic E-state index is 0.439. The Morgan fingerprint density at radius 1 is 0.769 bits per heavy atom. The molecule has 2 atom stereocenters. The lowest BCUT2D eigenvalue weighted by Gasteiger charge is -2.44. The minimum atomic E-state index is -1.01. The van der Waals surface area contributed by atoms with E-state index in [2.05, 4.69) is 0 Å². The second-order valence-corrected chi connectivity index (χ2v) is 7.53. The lowest BCUT2D eigenvalue weighted by molar-refractivity contribution is -0.134. The van der Waals surface area contributed by atoms with Crippen molar-refractivity contribution in [2.24, 2.45) is 5.41 Å². The first-order valence-electron chi connectivity index (χ1n) is 8.69. The summed E-state index contributed by atoms with van der Waals surface area (Å²) in [5.74, 6) is -0.880. The smallest absolute Gasteiger partial charge is 0.338 e. The van der Waals surface area contributed by atoms with Gasteiger partial charge in [0.1, 0.15) is 6.10 Å². The van der Waals surface area contributed by atoms with E-state index in [1.165, 1.54) is 0 Å². The van der Waals surface area contributed by atoms with Crippen molar-refractivity contribution in [3.05, 3.63) is 71.8 Å². The van der Waals surface area contributed by atoms with E-state index < -0.39 is 29.1 Å². The van der Waals surface area contributed by atoms with Gasteiger partial charge in [-0.25, -0.2) is 9.59 Å². The van der Waals surface area contributed by atoms with Crippen molar-refractivity contribution in [3.8, 4) is 0 Å². The lowest BCUT2D eigenvalue weighted by Crippen LogP contribution is -2.53. The van der Waals surface area contributed by atoms with E-state index in [0.717, 1.165) is 0 Å². The first-order chi connectivity index (χ1) is 12.1. The highest BCUT2D eigenvalue weighted by Gasteiger charge is 2.48. The van der Waals surface area contributed by atoms with E-state index in [-0.39, 0.29) is 0 Å². The Morgan fingerprint density at radius 3 is 1.62 bits per heavy atom. The van der Waals surface area contributed by atoms with Crippen molar-refractivity contribution in [1.29, 1.82) is 0 Å². The average molecular weight is 354 g/mol. The van der Waals surface area contributed by atoms with Gasteiger partial charge in [0.15, 0.2) is 5.60 Å². The Labute approximate surface area is 155 Å². The van der Waals surface area contributed by atoms with Gasteiger partial charge >= 0.3 is 11.9 Å². The first-order valence-corrected chi connectivity index (χ1v) is 8.69. The van der Waals surface area contributed by atoms with Gasteiger partial charge < -0.3 is 9.47 Å². The molecule has 0 bridgehead atoms. The lowest BCUT2D eigenvalue weighted by atomic mass is 9.74. The molecule has 138 valence electrons. The van der Waals surface area contributed by atoms with Crippen molar-refractivity contribution in [2.45, 2.75) is 46.3 Å². The highest BCUT2D eigenvalue weighted by atomic mass is 16.6. The molecule has 0 aliphatic rings. The number of carbonyl (C=O) groups is 2. The van der Waals surface area contributed by atoms with E-state index >= 15 is 0 Å². The molecular weight excluding hydrogens is 328 g/mol. The second kappa shape index (κ2) is 7.73. The van der Waals surface area contributed by atoms with Gasteiger partial charge in [0.25, 0.3) is 0 Å². The Balaban J connectivity index is 2.22. The van der Waals surface area contributed by atoms with E-state index in [1.54, 1.807) is 62.4 Å². The molecule has 0 amide bonds. The van der Waals surface area contributed by atoms with E-state index in [0.29, 0.717) is 11.1 Å². The summed E-state index contributed by atoms with van der Waals surface area (Å²) in [4.78, 5) is 25.0. The number of hydrogen-bond acceptors (Lipinski definition) is 4. The maximum Gasteiger partial charge on any atom is 0.338 e. The Bertz CT molecular complexity index is 747. The van der Waals surface area contributed by atoms with Crippen LogP contribution in [0.4, 0.5) is 0 Å². The van der Waals surface area contributed by atoms with Gasteiger partial charge in [-0.05, 0) is 38.1 Å². The van der Waals surface area contributed by atoms with Crippen LogP contribution >= 0.6 is 0 Å². The number of rotatable bonds is 5. The average Bonchev–Trinajstić information content (AvgIpc) is 2.62. The normalized spacial score (nSPS) is 14.8. The zero-order chi connectivity index (χ0) is 19.4. The zero-order valence-electron chi connectivity index (χ0n) is 16.0. The van der Waals surface area contributed by atoms with Crippen LogP contribution in [0.2, 0.25) is 0 Å². The molecule has 0 N–H and O–H groups in total. The van der Waals surface area contributed by atoms with Gasteiger partial charge in [0.2, 0.25) is 0 Å². The third-order valence-corrected chi connectivity index (χ3v) is 4.87. The van der Waals surface area contributed by atoms with Crippen LogP contribution in [0.1, 0.15) is 55.3 Å². The van der Waals surface area contributed by atoms with Gasteiger partial charge in [0, 0.05) is 5.41 Å². The summed E-state index contributed by atoms with van der Waals surface area (Å²) in [5, 5.41) is 0. The van der Waals surface area contributed by atoms with E-state index in [4.69, 9.17) is 9.47 Å². The molecule has 2 rings (SSSR count). The predicted molar refractivity (Wildman–Crippen MR) is 101 cm³/mol. The van der Waals surface area contributed by atoms with Gasteiger partial charge in [-0.3, -0.25) is 0 Å². The third kappa shape index (κ3) is 4.31. The maximum absolute atomic E-state index is 12.6. The highest BCUT2D eigenvalue weighted by molar-refractivity contribution is 5.90. The Kier molecular flexibility index (Phi) is 5.86. The summed E-state index contributed by atoms with van der Waals surface area (Å²) in [6.45, 7) is 9.43. The number of hydrogen-bond donors (Lipinski definition) is 0. The fourth-order valence-corrected chi connectivity index (χ4v) is 2.59. The first kappa shape index (κ1) is 19.7. The monoisotopic (exact) mass is 354 g/mol. The Hall–Kier alpha value is -2.62. The quantitative estimate of drug-likeness (QED) is 0.717. The number of esters is 2. The number of carbonyl (C=O) groups excluding carboxylic acids is 2. The van der Waals surface area contributed by atoms with Crippen LogP contribution in [-0.4, -0.2) is 23.6 Å². The standard InChI is InChI=1S/C22H26O4/c1-16(25-19(23)17-12-8-6-9-13-17)22(5,21(2,3)4)26-20(24)18-14-10-7-11-15-18/h6-16H,1-5H3. The molecule has 2 aromatic rings. The number of ether oxygens (including phenoxy) is 2. The van der Waals surface area contributed by atoms with Crippen molar-refractivity contribution in [1.82, 2.24) is 0 Å². The van der Waals surface area contributed by atoms with Crippen LogP contribution in [-0.2, 0) is 9.47 Å². The van der Waals surface area contributed by atoms with E-state index in [1.807, 2.05) is 32.9 Å². The van der Waals surface area contributed by atoms with E-state index in [9.17, 15) is 9.59 Å². The topological polar surface area (TPSA) is 52.6 Å². The second-order valence-electron chi connectivity index (χ2n) is 7.53. The van der Waals surface area contributed by atoms with Gasteiger partial charge in [-0.2, -0.15) is 0 Å². The van der Waals surface area contributed by atoms with Crippen molar-refractivity contribution in [2.75, 3.05) is 0 Å². The molecule has 0 aliphatic heterocycles. The van der Waals surface area contributed by atoms with Crippen LogP contribution in [0.5, 0.6) is 0 Å². The summed E-state index contributed by atoms with van der Waals surface area (Å²) in [6.07, 6.45) is -0.636. The van der Waals surface area contributed by atoms with Crippen molar-refractivity contribution in [3.63, 3.8) is 0 Å². The van der Waals surface area contributed by atoms with Crippen molar-refractivity contribution >= 4 is 11.9 Å². The summed E-state index contributed by atoms with van der Waals surface area (Å²) in [6, 6.07) is 17.6. The molecule has 0 fully saturated rings. The highest BCUT2D eigenvalue weighted by Crippen LogP contribution is 2.38. The summed E-state index contributed by atoms with van der Waals surface area (Å²) in [5.41, 5.74) is -0.535. The molecule has 0 saturated heterocycles. The van der Waals surface area contributed by atoms with Gasteiger partial charge in [-0.1, -0.05) is 57.2 Å². The SMILES string of the molecule is CC(OC(=O)c1ccccc1)C(C)(OC(=O)c1ccccc1)C(C)(C)C. The van der Waals surface area contributed by atoms with Gasteiger partial charge in [0.05, 0.1) is 11.1 Å². The molecular formula is C22H26O4. The number of benzene rings is 2. The minimum Gasteiger partial charge on any atom is -0.455 e. The molecule has 4 nitrogen and oxygen atoms in total. The fraction of sp³-hybridized carbons (Fsp3) is 0.364. The molecule has 0 heterocycles. The molecule has 2 aromatic carbocycles.